The Morgan fingerprint density at radius 3 is 2.77 bits per heavy atom. The lowest BCUT2D eigenvalue weighted by molar-refractivity contribution is -0.115. The zero-order valence-electron chi connectivity index (χ0n) is 14.1. The van der Waals surface area contributed by atoms with Crippen molar-refractivity contribution in [2.45, 2.75) is 20.3 Å². The number of aromatic nitrogens is 1. The Balaban J connectivity index is 1.61. The molecule has 0 atom stereocenters. The summed E-state index contributed by atoms with van der Waals surface area (Å²) in [4.78, 5) is 28.6. The molecular formula is C18H16ClN3O3S. The predicted octanol–water partition coefficient (Wildman–Crippen LogP) is 4.44. The van der Waals surface area contributed by atoms with Gasteiger partial charge in [-0.05, 0) is 37.6 Å². The number of halogens is 1. The second kappa shape index (κ2) is 7.72. The van der Waals surface area contributed by atoms with Crippen LogP contribution in [0.25, 0.3) is 0 Å². The smallest absolute Gasteiger partial charge is 0.260 e. The lowest BCUT2D eigenvalue weighted by Crippen LogP contribution is -2.16. The number of amides is 2. The number of anilines is 2. The maximum absolute atomic E-state index is 12.2. The number of rotatable bonds is 5. The highest BCUT2D eigenvalue weighted by Gasteiger charge is 2.15. The maximum Gasteiger partial charge on any atom is 0.260 e. The van der Waals surface area contributed by atoms with E-state index in [-0.39, 0.29) is 18.2 Å². The van der Waals surface area contributed by atoms with Crippen LogP contribution in [-0.4, -0.2) is 16.8 Å². The first kappa shape index (κ1) is 18.2. The standard InChI is InChI=1S/C18H16ClN3O3S/c1-10-14(19)4-3-5-15(10)21-16(23)8-12-9-26-18(20-12)22-17(24)13-6-7-25-11(13)2/h3-7,9H,8H2,1-2H3,(H,21,23)(H,20,22,24). The van der Waals surface area contributed by atoms with Crippen LogP contribution in [0, 0.1) is 13.8 Å². The highest BCUT2D eigenvalue weighted by atomic mass is 35.5. The molecule has 1 aromatic carbocycles. The molecular weight excluding hydrogens is 374 g/mol. The van der Waals surface area contributed by atoms with E-state index in [9.17, 15) is 9.59 Å². The van der Waals surface area contributed by atoms with Crippen molar-refractivity contribution in [3.05, 3.63) is 63.5 Å². The van der Waals surface area contributed by atoms with Gasteiger partial charge < -0.3 is 9.73 Å². The van der Waals surface area contributed by atoms with Crippen molar-refractivity contribution in [3.63, 3.8) is 0 Å². The van der Waals surface area contributed by atoms with E-state index in [1.807, 2.05) is 6.92 Å². The summed E-state index contributed by atoms with van der Waals surface area (Å²) in [7, 11) is 0. The summed E-state index contributed by atoms with van der Waals surface area (Å²) in [6.45, 7) is 3.55. The molecule has 0 aliphatic carbocycles. The summed E-state index contributed by atoms with van der Waals surface area (Å²) in [5, 5.41) is 8.29. The van der Waals surface area contributed by atoms with E-state index < -0.39 is 0 Å². The van der Waals surface area contributed by atoms with E-state index in [2.05, 4.69) is 15.6 Å². The number of nitrogens with one attached hydrogen (secondary N) is 2. The molecule has 2 amide bonds. The third kappa shape index (κ3) is 4.12. The van der Waals surface area contributed by atoms with Crippen molar-refractivity contribution >= 4 is 45.6 Å². The van der Waals surface area contributed by atoms with Gasteiger partial charge in [-0.25, -0.2) is 4.98 Å². The van der Waals surface area contributed by atoms with Gasteiger partial charge in [0.15, 0.2) is 5.13 Å². The first-order chi connectivity index (χ1) is 12.4. The topological polar surface area (TPSA) is 84.2 Å². The second-order valence-corrected chi connectivity index (χ2v) is 6.89. The van der Waals surface area contributed by atoms with Gasteiger partial charge in [0.1, 0.15) is 5.76 Å². The van der Waals surface area contributed by atoms with Crippen molar-refractivity contribution in [2.24, 2.45) is 0 Å². The normalized spacial score (nSPS) is 10.6. The summed E-state index contributed by atoms with van der Waals surface area (Å²) in [6, 6.07) is 6.93. The van der Waals surface area contributed by atoms with Crippen LogP contribution in [0.3, 0.4) is 0 Å². The molecule has 134 valence electrons. The molecule has 2 N–H and O–H groups in total. The van der Waals surface area contributed by atoms with Crippen LogP contribution in [0.2, 0.25) is 5.02 Å². The highest BCUT2D eigenvalue weighted by Crippen LogP contribution is 2.23. The number of thiazole rings is 1. The quantitative estimate of drug-likeness (QED) is 0.675. The number of hydrogen-bond donors (Lipinski definition) is 2. The van der Waals surface area contributed by atoms with Crippen molar-refractivity contribution in [2.75, 3.05) is 10.6 Å². The average molecular weight is 390 g/mol. The molecule has 0 radical (unpaired) electrons. The van der Waals surface area contributed by atoms with Gasteiger partial charge in [-0.2, -0.15) is 0 Å². The molecule has 0 bridgehead atoms. The van der Waals surface area contributed by atoms with Crippen LogP contribution in [0.4, 0.5) is 10.8 Å². The molecule has 0 spiro atoms. The largest absolute Gasteiger partial charge is 0.469 e. The number of nitrogens with zero attached hydrogens (tertiary/aromatic N) is 1. The first-order valence-electron chi connectivity index (χ1n) is 7.79. The van der Waals surface area contributed by atoms with E-state index in [4.69, 9.17) is 16.0 Å². The van der Waals surface area contributed by atoms with Gasteiger partial charge in [0, 0.05) is 16.1 Å². The first-order valence-corrected chi connectivity index (χ1v) is 9.04. The molecule has 0 unspecified atom stereocenters. The summed E-state index contributed by atoms with van der Waals surface area (Å²) in [5.41, 5.74) is 2.51. The Morgan fingerprint density at radius 2 is 2.04 bits per heavy atom. The zero-order valence-corrected chi connectivity index (χ0v) is 15.7. The Hall–Kier alpha value is -2.64. The predicted molar refractivity (Wildman–Crippen MR) is 102 cm³/mol. The fourth-order valence-corrected chi connectivity index (χ4v) is 3.21. The van der Waals surface area contributed by atoms with Gasteiger partial charge in [0.25, 0.3) is 5.91 Å². The van der Waals surface area contributed by atoms with Crippen molar-refractivity contribution in [1.82, 2.24) is 4.98 Å². The van der Waals surface area contributed by atoms with Crippen molar-refractivity contribution in [3.8, 4) is 0 Å². The molecule has 0 saturated heterocycles. The number of furan rings is 1. The van der Waals surface area contributed by atoms with Crippen LogP contribution >= 0.6 is 22.9 Å². The number of carbonyl (C=O) groups excluding carboxylic acids is 2. The Bertz CT molecular complexity index is 964. The summed E-state index contributed by atoms with van der Waals surface area (Å²) in [5.74, 6) is 0.0379. The number of benzene rings is 1. The SMILES string of the molecule is Cc1occc1C(=O)Nc1nc(CC(=O)Nc2cccc(Cl)c2C)cs1. The van der Waals surface area contributed by atoms with E-state index in [0.29, 0.717) is 32.9 Å². The zero-order chi connectivity index (χ0) is 18.7. The third-order valence-corrected chi connectivity index (χ3v) is 4.98. The number of carbonyl (C=O) groups is 2. The molecule has 8 heteroatoms. The second-order valence-electron chi connectivity index (χ2n) is 5.63. The molecule has 3 rings (SSSR count). The number of aryl methyl sites for hydroxylation is 1. The molecule has 3 aromatic rings. The lowest BCUT2D eigenvalue weighted by Gasteiger charge is -2.08. The fraction of sp³-hybridized carbons (Fsp3) is 0.167. The monoisotopic (exact) mass is 389 g/mol. The summed E-state index contributed by atoms with van der Waals surface area (Å²) in [6.07, 6.45) is 1.56. The summed E-state index contributed by atoms with van der Waals surface area (Å²) < 4.78 is 5.12. The molecule has 2 aromatic heterocycles. The molecule has 0 aliphatic rings. The Labute approximate surface area is 159 Å². The minimum Gasteiger partial charge on any atom is -0.469 e. The molecule has 26 heavy (non-hydrogen) atoms. The van der Waals surface area contributed by atoms with Gasteiger partial charge in [-0.15, -0.1) is 11.3 Å². The molecule has 0 aliphatic heterocycles. The maximum atomic E-state index is 12.2. The van der Waals surface area contributed by atoms with Gasteiger partial charge >= 0.3 is 0 Å². The Kier molecular flexibility index (Phi) is 5.39. The van der Waals surface area contributed by atoms with Gasteiger partial charge in [-0.3, -0.25) is 14.9 Å². The van der Waals surface area contributed by atoms with Crippen LogP contribution in [-0.2, 0) is 11.2 Å². The van der Waals surface area contributed by atoms with Crippen molar-refractivity contribution < 1.29 is 14.0 Å². The fourth-order valence-electron chi connectivity index (χ4n) is 2.33. The van der Waals surface area contributed by atoms with Crippen molar-refractivity contribution in [1.29, 1.82) is 0 Å². The molecule has 6 nitrogen and oxygen atoms in total. The van der Waals surface area contributed by atoms with Crippen LogP contribution in [0.1, 0.15) is 27.4 Å². The molecule has 0 fully saturated rings. The third-order valence-electron chi connectivity index (χ3n) is 3.76. The van der Waals surface area contributed by atoms with Gasteiger partial charge in [0.05, 0.1) is 23.9 Å². The number of hydrogen-bond acceptors (Lipinski definition) is 5. The van der Waals surface area contributed by atoms with E-state index in [1.165, 1.54) is 17.6 Å². The summed E-state index contributed by atoms with van der Waals surface area (Å²) >= 11 is 7.31. The molecule has 2 heterocycles. The average Bonchev–Trinajstić information content (AvgIpc) is 3.20. The minimum absolute atomic E-state index is 0.100. The lowest BCUT2D eigenvalue weighted by atomic mass is 10.2. The highest BCUT2D eigenvalue weighted by molar-refractivity contribution is 7.14. The molecule has 0 saturated carbocycles. The van der Waals surface area contributed by atoms with Crippen LogP contribution < -0.4 is 10.6 Å². The Morgan fingerprint density at radius 1 is 1.23 bits per heavy atom. The van der Waals surface area contributed by atoms with Crippen LogP contribution in [0.5, 0.6) is 0 Å². The van der Waals surface area contributed by atoms with Gasteiger partial charge in [0.2, 0.25) is 5.91 Å². The van der Waals surface area contributed by atoms with E-state index in [0.717, 1.165) is 5.56 Å². The van der Waals surface area contributed by atoms with Gasteiger partial charge in [-0.1, -0.05) is 17.7 Å². The van der Waals surface area contributed by atoms with Crippen LogP contribution in [0.15, 0.2) is 40.3 Å². The van der Waals surface area contributed by atoms with E-state index >= 15 is 0 Å². The minimum atomic E-state index is -0.295. The van der Waals surface area contributed by atoms with E-state index in [1.54, 1.807) is 36.6 Å².